The molecule has 120 valence electrons. The summed E-state index contributed by atoms with van der Waals surface area (Å²) in [6.07, 6.45) is 0. The van der Waals surface area contributed by atoms with Crippen molar-refractivity contribution >= 4 is 45.6 Å². The van der Waals surface area contributed by atoms with Gasteiger partial charge in [0.05, 0.1) is 10.7 Å². The number of hydrogen-bond acceptors (Lipinski definition) is 2. The molecule has 0 saturated heterocycles. The van der Waals surface area contributed by atoms with Crippen LogP contribution in [0.4, 0.5) is 5.69 Å². The topological polar surface area (TPSA) is 40.5 Å². The van der Waals surface area contributed by atoms with Crippen LogP contribution in [0.1, 0.15) is 11.1 Å². The second-order valence-corrected chi connectivity index (χ2v) is 6.76. The standard InChI is InChI=1S/C19H13Cl2NO2/c1-22-16-10-14(20)9-15(21)17(16)19(24,18(22)23)13-7-6-11-4-2-3-5-12(11)8-13/h2-10,24H,1H3. The zero-order valence-corrected chi connectivity index (χ0v) is 14.3. The maximum Gasteiger partial charge on any atom is 0.268 e. The molecule has 5 heteroatoms. The third-order valence-corrected chi connectivity index (χ3v) is 5.06. The quantitative estimate of drug-likeness (QED) is 0.702. The maximum atomic E-state index is 12.9. The Labute approximate surface area is 149 Å². The predicted octanol–water partition coefficient (Wildman–Crippen LogP) is 4.36. The van der Waals surface area contributed by atoms with Gasteiger partial charge >= 0.3 is 0 Å². The highest BCUT2D eigenvalue weighted by Crippen LogP contribution is 2.48. The van der Waals surface area contributed by atoms with E-state index in [0.29, 0.717) is 21.8 Å². The molecule has 0 saturated carbocycles. The van der Waals surface area contributed by atoms with Crippen molar-refractivity contribution in [3.8, 4) is 0 Å². The minimum Gasteiger partial charge on any atom is -0.372 e. The highest BCUT2D eigenvalue weighted by molar-refractivity contribution is 6.37. The second-order valence-electron chi connectivity index (χ2n) is 5.92. The number of benzene rings is 3. The van der Waals surface area contributed by atoms with Gasteiger partial charge in [0.1, 0.15) is 0 Å². The number of carbonyl (C=O) groups is 1. The first-order valence-corrected chi connectivity index (χ1v) is 8.18. The molecule has 0 spiro atoms. The van der Waals surface area contributed by atoms with Crippen LogP contribution >= 0.6 is 23.2 Å². The molecule has 0 aliphatic carbocycles. The Bertz CT molecular complexity index is 1000. The number of fused-ring (bicyclic) bond motifs is 2. The third kappa shape index (κ3) is 1.99. The first kappa shape index (κ1) is 15.5. The van der Waals surface area contributed by atoms with Crippen molar-refractivity contribution in [1.29, 1.82) is 0 Å². The van der Waals surface area contributed by atoms with E-state index in [9.17, 15) is 9.90 Å². The zero-order chi connectivity index (χ0) is 17.1. The van der Waals surface area contributed by atoms with E-state index >= 15 is 0 Å². The van der Waals surface area contributed by atoms with Gasteiger partial charge in [-0.25, -0.2) is 0 Å². The molecule has 3 aromatic carbocycles. The highest BCUT2D eigenvalue weighted by Gasteiger charge is 2.51. The van der Waals surface area contributed by atoms with E-state index in [2.05, 4.69) is 0 Å². The van der Waals surface area contributed by atoms with Gasteiger partial charge in [-0.05, 0) is 34.5 Å². The number of anilines is 1. The molecule has 0 fully saturated rings. The summed E-state index contributed by atoms with van der Waals surface area (Å²) in [5.74, 6) is -0.447. The minimum atomic E-state index is -1.82. The molecule has 1 N–H and O–H groups in total. The molecule has 4 rings (SSSR count). The summed E-state index contributed by atoms with van der Waals surface area (Å²) < 4.78 is 0. The number of carbonyl (C=O) groups excluding carboxylic acids is 1. The lowest BCUT2D eigenvalue weighted by molar-refractivity contribution is -0.131. The molecule has 1 aliphatic rings. The first-order valence-electron chi connectivity index (χ1n) is 7.42. The first-order chi connectivity index (χ1) is 11.4. The molecule has 1 unspecified atom stereocenters. The van der Waals surface area contributed by atoms with E-state index in [0.717, 1.165) is 10.8 Å². The van der Waals surface area contributed by atoms with Crippen LogP contribution in [-0.2, 0) is 10.4 Å². The average molecular weight is 358 g/mol. The summed E-state index contributed by atoms with van der Waals surface area (Å²) in [5, 5.41) is 14.0. The van der Waals surface area contributed by atoms with Crippen LogP contribution in [0.25, 0.3) is 10.8 Å². The van der Waals surface area contributed by atoms with Gasteiger partial charge in [0, 0.05) is 17.6 Å². The van der Waals surface area contributed by atoms with Crippen molar-refractivity contribution in [3.63, 3.8) is 0 Å². The smallest absolute Gasteiger partial charge is 0.268 e. The fourth-order valence-corrected chi connectivity index (χ4v) is 3.94. The number of hydrogen-bond donors (Lipinski definition) is 1. The van der Waals surface area contributed by atoms with Crippen LogP contribution in [0.2, 0.25) is 10.0 Å². The summed E-state index contributed by atoms with van der Waals surface area (Å²) in [6, 6.07) is 16.4. The van der Waals surface area contributed by atoms with Crippen LogP contribution in [0, 0.1) is 0 Å². The fraction of sp³-hybridized carbons (Fsp3) is 0.105. The normalized spacial score (nSPS) is 19.8. The van der Waals surface area contributed by atoms with Gasteiger partial charge < -0.3 is 10.0 Å². The summed E-state index contributed by atoms with van der Waals surface area (Å²) >= 11 is 12.4. The molecule has 1 atom stereocenters. The lowest BCUT2D eigenvalue weighted by Gasteiger charge is -2.23. The molecule has 3 aromatic rings. The maximum absolute atomic E-state index is 12.9. The van der Waals surface area contributed by atoms with Gasteiger partial charge in [0.2, 0.25) is 0 Å². The number of amides is 1. The molecular weight excluding hydrogens is 345 g/mol. The Morgan fingerprint density at radius 3 is 2.46 bits per heavy atom. The second kappa shape index (κ2) is 5.21. The summed E-state index contributed by atoms with van der Waals surface area (Å²) in [7, 11) is 1.60. The van der Waals surface area contributed by atoms with E-state index in [1.165, 1.54) is 4.90 Å². The van der Waals surface area contributed by atoms with E-state index in [-0.39, 0.29) is 5.02 Å². The number of halogens is 2. The van der Waals surface area contributed by atoms with E-state index < -0.39 is 11.5 Å². The molecular formula is C19H13Cl2NO2. The molecule has 1 aliphatic heterocycles. The van der Waals surface area contributed by atoms with Gasteiger partial charge in [-0.15, -0.1) is 0 Å². The largest absolute Gasteiger partial charge is 0.372 e. The highest BCUT2D eigenvalue weighted by atomic mass is 35.5. The fourth-order valence-electron chi connectivity index (χ4n) is 3.32. The monoisotopic (exact) mass is 357 g/mol. The van der Waals surface area contributed by atoms with Gasteiger partial charge in [-0.1, -0.05) is 59.6 Å². The van der Waals surface area contributed by atoms with Gasteiger partial charge in [0.15, 0.2) is 5.60 Å². The zero-order valence-electron chi connectivity index (χ0n) is 12.8. The lowest BCUT2D eigenvalue weighted by atomic mass is 9.86. The van der Waals surface area contributed by atoms with E-state index in [1.54, 1.807) is 25.2 Å². The van der Waals surface area contributed by atoms with Crippen molar-refractivity contribution in [1.82, 2.24) is 0 Å². The number of rotatable bonds is 1. The van der Waals surface area contributed by atoms with Gasteiger partial charge in [0.25, 0.3) is 5.91 Å². The molecule has 3 nitrogen and oxygen atoms in total. The lowest BCUT2D eigenvalue weighted by Crippen LogP contribution is -2.39. The van der Waals surface area contributed by atoms with E-state index in [4.69, 9.17) is 23.2 Å². The van der Waals surface area contributed by atoms with Gasteiger partial charge in [-0.3, -0.25) is 4.79 Å². The van der Waals surface area contributed by atoms with Crippen molar-refractivity contribution in [2.24, 2.45) is 0 Å². The average Bonchev–Trinajstić information content (AvgIpc) is 2.77. The van der Waals surface area contributed by atoms with Crippen LogP contribution < -0.4 is 4.90 Å². The Hall–Kier alpha value is -2.07. The molecule has 1 amide bonds. The van der Waals surface area contributed by atoms with Crippen molar-refractivity contribution < 1.29 is 9.90 Å². The third-order valence-electron chi connectivity index (χ3n) is 4.54. The Morgan fingerprint density at radius 2 is 1.71 bits per heavy atom. The van der Waals surface area contributed by atoms with Crippen LogP contribution in [0.3, 0.4) is 0 Å². The van der Waals surface area contributed by atoms with Crippen LogP contribution in [-0.4, -0.2) is 18.1 Å². The van der Waals surface area contributed by atoms with Crippen LogP contribution in [0.15, 0.2) is 54.6 Å². The molecule has 0 bridgehead atoms. The Morgan fingerprint density at radius 1 is 1.00 bits per heavy atom. The van der Waals surface area contributed by atoms with Crippen molar-refractivity contribution in [3.05, 3.63) is 75.8 Å². The summed E-state index contributed by atoms with van der Waals surface area (Å²) in [4.78, 5) is 14.2. The predicted molar refractivity (Wildman–Crippen MR) is 96.8 cm³/mol. The number of likely N-dealkylation sites (N-methyl/N-ethyl adjacent to an activating group) is 1. The van der Waals surface area contributed by atoms with Crippen molar-refractivity contribution in [2.45, 2.75) is 5.60 Å². The Kier molecular flexibility index (Phi) is 3.36. The molecule has 0 radical (unpaired) electrons. The van der Waals surface area contributed by atoms with Crippen molar-refractivity contribution in [2.75, 3.05) is 11.9 Å². The molecule has 24 heavy (non-hydrogen) atoms. The SMILES string of the molecule is CN1C(=O)C(O)(c2ccc3ccccc3c2)c2c(Cl)cc(Cl)cc21. The summed E-state index contributed by atoms with van der Waals surface area (Å²) in [5.41, 5.74) is -0.444. The number of aliphatic hydroxyl groups is 1. The molecule has 1 heterocycles. The van der Waals surface area contributed by atoms with Crippen LogP contribution in [0.5, 0.6) is 0 Å². The Balaban J connectivity index is 2.01. The van der Waals surface area contributed by atoms with Gasteiger partial charge in [-0.2, -0.15) is 0 Å². The number of nitrogens with zero attached hydrogens (tertiary/aromatic N) is 1. The van der Waals surface area contributed by atoms with E-state index in [1.807, 2.05) is 36.4 Å². The summed E-state index contributed by atoms with van der Waals surface area (Å²) in [6.45, 7) is 0. The molecule has 0 aromatic heterocycles. The minimum absolute atomic E-state index is 0.269.